The predicted octanol–water partition coefficient (Wildman–Crippen LogP) is 3.36. The van der Waals surface area contributed by atoms with Crippen LogP contribution in [-0.4, -0.2) is 24.3 Å². The Morgan fingerprint density at radius 2 is 1.81 bits per heavy atom. The molecular weight excluding hydrogens is 336 g/mol. The lowest BCUT2D eigenvalue weighted by Gasteiger charge is -2.29. The number of halogens is 1. The van der Waals surface area contributed by atoms with Gasteiger partial charge in [0.25, 0.3) is 0 Å². The van der Waals surface area contributed by atoms with Crippen LogP contribution in [0.3, 0.4) is 0 Å². The Hall–Kier alpha value is -1.23. The molecule has 1 N–H and O–H groups in total. The van der Waals surface area contributed by atoms with Crippen LogP contribution in [0, 0.1) is 5.92 Å². The molecule has 0 spiro atoms. The maximum absolute atomic E-state index is 11.2. The number of hydrogen-bond acceptors (Lipinski definition) is 3. The Bertz CT molecular complexity index is 545. The summed E-state index contributed by atoms with van der Waals surface area (Å²) in [6, 6.07) is 0. The number of benzene rings is 1. The fourth-order valence-electron chi connectivity index (χ4n) is 3.09. The Balaban J connectivity index is 2.13. The van der Waals surface area contributed by atoms with Gasteiger partial charge >= 0.3 is 5.97 Å². The maximum atomic E-state index is 11.2. The monoisotopic (exact) mass is 354 g/mol. The average molecular weight is 355 g/mol. The molecule has 4 nitrogen and oxygen atoms in total. The molecule has 0 aromatic heterocycles. The SMILES string of the molecule is CC(Cc1c2c(c(Br)c3c1OCCC3)OCCC2)C(=O)O. The molecule has 0 fully saturated rings. The molecule has 2 aliphatic rings. The Kier molecular flexibility index (Phi) is 4.11. The minimum Gasteiger partial charge on any atom is -0.493 e. The van der Waals surface area contributed by atoms with Crippen LogP contribution in [0.25, 0.3) is 0 Å². The summed E-state index contributed by atoms with van der Waals surface area (Å²) in [6.07, 6.45) is 4.31. The van der Waals surface area contributed by atoms with E-state index in [1.165, 1.54) is 0 Å². The lowest BCUT2D eigenvalue weighted by molar-refractivity contribution is -0.141. The van der Waals surface area contributed by atoms with Crippen molar-refractivity contribution in [2.75, 3.05) is 13.2 Å². The number of hydrogen-bond donors (Lipinski definition) is 1. The zero-order chi connectivity index (χ0) is 15.0. The molecule has 1 aromatic rings. The second kappa shape index (κ2) is 5.87. The highest BCUT2D eigenvalue weighted by Crippen LogP contribution is 2.46. The van der Waals surface area contributed by atoms with Crippen molar-refractivity contribution >= 4 is 21.9 Å². The number of carboxylic acids is 1. The minimum atomic E-state index is -0.770. The standard InChI is InChI=1S/C16H19BrO4/c1-9(16(18)19)8-12-10-4-2-7-21-15(10)13(17)11-5-3-6-20-14(11)12/h9H,2-8H2,1H3,(H,18,19). The summed E-state index contributed by atoms with van der Waals surface area (Å²) in [5.41, 5.74) is 3.30. The Labute approximate surface area is 132 Å². The van der Waals surface area contributed by atoms with Gasteiger partial charge in [-0.25, -0.2) is 0 Å². The predicted molar refractivity (Wildman–Crippen MR) is 82.3 cm³/mol. The molecule has 0 bridgehead atoms. The number of carboxylic acid groups (broad SMARTS) is 1. The molecule has 1 aromatic carbocycles. The van der Waals surface area contributed by atoms with Crippen LogP contribution in [0.2, 0.25) is 0 Å². The molecule has 5 heteroatoms. The van der Waals surface area contributed by atoms with Crippen LogP contribution in [-0.2, 0) is 24.1 Å². The van der Waals surface area contributed by atoms with Crippen LogP contribution in [0.4, 0.5) is 0 Å². The fourth-order valence-corrected chi connectivity index (χ4v) is 3.83. The zero-order valence-corrected chi connectivity index (χ0v) is 13.7. The Morgan fingerprint density at radius 1 is 1.19 bits per heavy atom. The molecular formula is C16H19BrO4. The lowest BCUT2D eigenvalue weighted by atomic mass is 9.88. The van der Waals surface area contributed by atoms with Crippen molar-refractivity contribution in [2.45, 2.75) is 39.0 Å². The summed E-state index contributed by atoms with van der Waals surface area (Å²) in [5.74, 6) is 0.600. The first-order valence-corrected chi connectivity index (χ1v) is 8.23. The van der Waals surface area contributed by atoms with Crippen molar-refractivity contribution in [3.05, 3.63) is 21.2 Å². The zero-order valence-electron chi connectivity index (χ0n) is 12.1. The summed E-state index contributed by atoms with van der Waals surface area (Å²) in [7, 11) is 0. The number of ether oxygens (including phenoxy) is 2. The molecule has 21 heavy (non-hydrogen) atoms. The number of rotatable bonds is 3. The van der Waals surface area contributed by atoms with E-state index in [4.69, 9.17) is 9.47 Å². The third-order valence-corrected chi connectivity index (χ3v) is 5.06. The van der Waals surface area contributed by atoms with E-state index in [9.17, 15) is 9.90 Å². The summed E-state index contributed by atoms with van der Waals surface area (Å²) in [5, 5.41) is 9.22. The molecule has 2 aliphatic heterocycles. The van der Waals surface area contributed by atoms with Crippen LogP contribution in [0.15, 0.2) is 4.47 Å². The van der Waals surface area contributed by atoms with Gasteiger partial charge in [0.1, 0.15) is 11.5 Å². The maximum Gasteiger partial charge on any atom is 0.306 e. The van der Waals surface area contributed by atoms with Gasteiger partial charge in [-0.2, -0.15) is 0 Å². The fraction of sp³-hybridized carbons (Fsp3) is 0.562. The van der Waals surface area contributed by atoms with Gasteiger partial charge in [-0.05, 0) is 48.0 Å². The van der Waals surface area contributed by atoms with Gasteiger partial charge in [0.15, 0.2) is 0 Å². The minimum absolute atomic E-state index is 0.424. The van der Waals surface area contributed by atoms with Crippen molar-refractivity contribution in [1.29, 1.82) is 0 Å². The summed E-state index contributed by atoms with van der Waals surface area (Å²) < 4.78 is 12.8. The first-order chi connectivity index (χ1) is 10.1. The van der Waals surface area contributed by atoms with Gasteiger partial charge in [-0.15, -0.1) is 0 Å². The largest absolute Gasteiger partial charge is 0.493 e. The van der Waals surface area contributed by atoms with E-state index in [0.717, 1.165) is 65.0 Å². The molecule has 1 atom stereocenters. The molecule has 0 aliphatic carbocycles. The van der Waals surface area contributed by atoms with Crippen molar-refractivity contribution in [3.8, 4) is 11.5 Å². The van der Waals surface area contributed by atoms with Gasteiger partial charge < -0.3 is 14.6 Å². The molecule has 0 radical (unpaired) electrons. The van der Waals surface area contributed by atoms with E-state index >= 15 is 0 Å². The summed E-state index contributed by atoms with van der Waals surface area (Å²) in [4.78, 5) is 11.2. The van der Waals surface area contributed by atoms with Crippen molar-refractivity contribution in [1.82, 2.24) is 0 Å². The van der Waals surface area contributed by atoms with E-state index in [1.54, 1.807) is 6.92 Å². The third kappa shape index (κ3) is 2.63. The molecule has 0 saturated heterocycles. The third-order valence-electron chi connectivity index (χ3n) is 4.22. The van der Waals surface area contributed by atoms with Crippen molar-refractivity contribution in [2.24, 2.45) is 5.92 Å². The smallest absolute Gasteiger partial charge is 0.306 e. The highest BCUT2D eigenvalue weighted by Gasteiger charge is 2.29. The van der Waals surface area contributed by atoms with Gasteiger partial charge in [-0.3, -0.25) is 4.79 Å². The van der Waals surface area contributed by atoms with Crippen molar-refractivity contribution in [3.63, 3.8) is 0 Å². The van der Waals surface area contributed by atoms with Crippen molar-refractivity contribution < 1.29 is 19.4 Å². The first kappa shape index (κ1) is 14.7. The number of aliphatic carboxylic acids is 1. The van der Waals surface area contributed by atoms with E-state index in [2.05, 4.69) is 15.9 Å². The highest BCUT2D eigenvalue weighted by molar-refractivity contribution is 9.10. The first-order valence-electron chi connectivity index (χ1n) is 7.44. The van der Waals surface area contributed by atoms with Gasteiger partial charge in [-0.1, -0.05) is 6.92 Å². The van der Waals surface area contributed by atoms with Crippen LogP contribution < -0.4 is 9.47 Å². The van der Waals surface area contributed by atoms with Crippen LogP contribution in [0.5, 0.6) is 11.5 Å². The van der Waals surface area contributed by atoms with Gasteiger partial charge in [0.2, 0.25) is 0 Å². The topological polar surface area (TPSA) is 55.8 Å². The molecule has 3 rings (SSSR count). The Morgan fingerprint density at radius 3 is 2.48 bits per heavy atom. The van der Waals surface area contributed by atoms with E-state index in [1.807, 2.05) is 0 Å². The van der Waals surface area contributed by atoms with Crippen LogP contribution in [0.1, 0.15) is 36.5 Å². The van der Waals surface area contributed by atoms with E-state index < -0.39 is 11.9 Å². The highest BCUT2D eigenvalue weighted by atomic mass is 79.9. The second-order valence-corrected chi connectivity index (χ2v) is 6.55. The lowest BCUT2D eigenvalue weighted by Crippen LogP contribution is -2.21. The number of fused-ring (bicyclic) bond motifs is 2. The number of carbonyl (C=O) groups is 1. The summed E-state index contributed by atoms with van der Waals surface area (Å²) in [6.45, 7) is 3.17. The molecule has 114 valence electrons. The summed E-state index contributed by atoms with van der Waals surface area (Å²) >= 11 is 3.66. The second-order valence-electron chi connectivity index (χ2n) is 5.76. The molecule has 1 unspecified atom stereocenters. The van der Waals surface area contributed by atoms with E-state index in [0.29, 0.717) is 13.0 Å². The molecule has 0 amide bonds. The quantitative estimate of drug-likeness (QED) is 0.903. The molecule has 0 saturated carbocycles. The normalized spacial score (nSPS) is 18.0. The molecule has 2 heterocycles. The average Bonchev–Trinajstić information content (AvgIpc) is 2.51. The van der Waals surface area contributed by atoms with Gasteiger partial charge in [0.05, 0.1) is 23.6 Å². The van der Waals surface area contributed by atoms with Gasteiger partial charge in [0, 0.05) is 16.7 Å². The van der Waals surface area contributed by atoms with E-state index in [-0.39, 0.29) is 0 Å². The van der Waals surface area contributed by atoms with Crippen LogP contribution >= 0.6 is 15.9 Å².